The molecular formula is C11H14N4. The topological polar surface area (TPSA) is 42.7 Å². The van der Waals surface area contributed by atoms with Crippen LogP contribution in [0.15, 0.2) is 37.1 Å². The van der Waals surface area contributed by atoms with Crippen LogP contribution in [-0.2, 0) is 0 Å². The third-order valence-corrected chi connectivity index (χ3v) is 1.98. The molecule has 0 fully saturated rings. The maximum atomic E-state index is 4.24. The molecular weight excluding hydrogens is 188 g/mol. The van der Waals surface area contributed by atoms with E-state index in [4.69, 9.17) is 0 Å². The van der Waals surface area contributed by atoms with E-state index in [1.54, 1.807) is 18.7 Å². The van der Waals surface area contributed by atoms with Crippen LogP contribution in [0.1, 0.15) is 13.8 Å². The van der Waals surface area contributed by atoms with Crippen molar-refractivity contribution in [3.05, 3.63) is 37.1 Å². The quantitative estimate of drug-likeness (QED) is 0.828. The Morgan fingerprint density at radius 1 is 1.33 bits per heavy atom. The molecule has 0 aliphatic heterocycles. The molecule has 0 radical (unpaired) electrons. The number of nitrogens with one attached hydrogen (secondary N) is 1. The number of anilines is 1. The molecule has 2 aromatic rings. The molecule has 15 heavy (non-hydrogen) atoms. The Morgan fingerprint density at radius 2 is 2.20 bits per heavy atom. The average molecular weight is 202 g/mol. The molecule has 4 heteroatoms. The van der Waals surface area contributed by atoms with Gasteiger partial charge in [-0.25, -0.2) is 9.97 Å². The van der Waals surface area contributed by atoms with Crippen LogP contribution in [0.2, 0.25) is 0 Å². The molecule has 2 rings (SSSR count). The minimum Gasteiger partial charge on any atom is -0.368 e. The van der Waals surface area contributed by atoms with Crippen LogP contribution >= 0.6 is 0 Å². The van der Waals surface area contributed by atoms with E-state index >= 15 is 0 Å². The first kappa shape index (κ1) is 9.71. The number of aromatic nitrogens is 3. The lowest BCUT2D eigenvalue weighted by Gasteiger charge is -2.10. The van der Waals surface area contributed by atoms with Gasteiger partial charge >= 0.3 is 0 Å². The average Bonchev–Trinajstić information content (AvgIpc) is 2.69. The van der Waals surface area contributed by atoms with Gasteiger partial charge in [-0.2, -0.15) is 0 Å². The summed E-state index contributed by atoms with van der Waals surface area (Å²) in [4.78, 5) is 8.26. The fraction of sp³-hybridized carbons (Fsp3) is 0.273. The molecule has 2 heterocycles. The lowest BCUT2D eigenvalue weighted by Crippen LogP contribution is -2.11. The highest BCUT2D eigenvalue weighted by Gasteiger charge is 1.99. The van der Waals surface area contributed by atoms with Gasteiger partial charge in [-0.15, -0.1) is 0 Å². The van der Waals surface area contributed by atoms with E-state index in [1.807, 2.05) is 22.9 Å². The Labute approximate surface area is 89.0 Å². The van der Waals surface area contributed by atoms with E-state index in [0.29, 0.717) is 6.04 Å². The van der Waals surface area contributed by atoms with Gasteiger partial charge in [0.25, 0.3) is 0 Å². The van der Waals surface area contributed by atoms with E-state index in [-0.39, 0.29) is 0 Å². The van der Waals surface area contributed by atoms with Gasteiger partial charge in [-0.1, -0.05) is 0 Å². The second-order valence-corrected chi connectivity index (χ2v) is 3.67. The third-order valence-electron chi connectivity index (χ3n) is 1.98. The first-order valence-corrected chi connectivity index (χ1v) is 4.96. The zero-order valence-corrected chi connectivity index (χ0v) is 8.88. The van der Waals surface area contributed by atoms with E-state index in [9.17, 15) is 0 Å². The zero-order chi connectivity index (χ0) is 10.7. The van der Waals surface area contributed by atoms with Gasteiger partial charge in [0.05, 0.1) is 12.0 Å². The highest BCUT2D eigenvalue weighted by atomic mass is 15.0. The van der Waals surface area contributed by atoms with Gasteiger partial charge in [-0.05, 0) is 19.9 Å². The Hall–Kier alpha value is -1.84. The van der Waals surface area contributed by atoms with Crippen molar-refractivity contribution in [1.82, 2.24) is 14.5 Å². The van der Waals surface area contributed by atoms with Crippen molar-refractivity contribution in [3.63, 3.8) is 0 Å². The van der Waals surface area contributed by atoms with Crippen LogP contribution in [0.3, 0.4) is 0 Å². The molecule has 0 saturated carbocycles. The summed E-state index contributed by atoms with van der Waals surface area (Å²) in [5, 5.41) is 3.26. The second kappa shape index (κ2) is 4.13. The summed E-state index contributed by atoms with van der Waals surface area (Å²) in [7, 11) is 0. The van der Waals surface area contributed by atoms with E-state index in [2.05, 4.69) is 29.1 Å². The molecule has 0 aromatic carbocycles. The maximum absolute atomic E-state index is 4.24. The Balaban J connectivity index is 2.27. The molecule has 0 saturated heterocycles. The lowest BCUT2D eigenvalue weighted by atomic mass is 10.3. The highest BCUT2D eigenvalue weighted by molar-refractivity contribution is 5.45. The predicted octanol–water partition coefficient (Wildman–Crippen LogP) is 2.09. The predicted molar refractivity (Wildman–Crippen MR) is 60.1 cm³/mol. The van der Waals surface area contributed by atoms with Crippen LogP contribution < -0.4 is 5.32 Å². The van der Waals surface area contributed by atoms with Gasteiger partial charge in [0, 0.05) is 30.7 Å². The highest BCUT2D eigenvalue weighted by Crippen LogP contribution is 2.11. The Kier molecular flexibility index (Phi) is 2.67. The largest absolute Gasteiger partial charge is 0.368 e. The summed E-state index contributed by atoms with van der Waals surface area (Å²) in [6.07, 6.45) is 7.24. The lowest BCUT2D eigenvalue weighted by molar-refractivity contribution is 0.887. The van der Waals surface area contributed by atoms with Crippen molar-refractivity contribution >= 4 is 5.82 Å². The van der Waals surface area contributed by atoms with E-state index in [1.165, 1.54) is 0 Å². The fourth-order valence-corrected chi connectivity index (χ4v) is 1.37. The smallest absolute Gasteiger partial charge is 0.128 e. The Morgan fingerprint density at radius 3 is 2.87 bits per heavy atom. The molecule has 2 aromatic heterocycles. The van der Waals surface area contributed by atoms with Gasteiger partial charge in [0.2, 0.25) is 0 Å². The van der Waals surface area contributed by atoms with Crippen LogP contribution in [0, 0.1) is 0 Å². The van der Waals surface area contributed by atoms with Crippen molar-refractivity contribution in [1.29, 1.82) is 0 Å². The van der Waals surface area contributed by atoms with Crippen molar-refractivity contribution in [2.45, 2.75) is 19.9 Å². The second-order valence-electron chi connectivity index (χ2n) is 3.67. The summed E-state index contributed by atoms with van der Waals surface area (Å²) in [5.41, 5.74) is 1.06. The van der Waals surface area contributed by atoms with Crippen molar-refractivity contribution in [2.75, 3.05) is 5.32 Å². The number of hydrogen-bond donors (Lipinski definition) is 1. The summed E-state index contributed by atoms with van der Waals surface area (Å²) < 4.78 is 1.95. The standard InChI is InChI=1S/C11H14N4/c1-9(2)14-11-7-10(3-4-13-11)15-6-5-12-8-15/h3-9H,1-2H3,(H,13,14). The van der Waals surface area contributed by atoms with Crippen molar-refractivity contribution in [3.8, 4) is 5.69 Å². The number of rotatable bonds is 3. The van der Waals surface area contributed by atoms with Gasteiger partial charge < -0.3 is 9.88 Å². The molecule has 1 N–H and O–H groups in total. The summed E-state index contributed by atoms with van der Waals surface area (Å²) in [6.45, 7) is 4.18. The monoisotopic (exact) mass is 202 g/mol. The SMILES string of the molecule is CC(C)Nc1cc(-n2ccnc2)ccn1. The van der Waals surface area contributed by atoms with Crippen molar-refractivity contribution < 1.29 is 0 Å². The number of imidazole rings is 1. The number of nitrogens with zero attached hydrogens (tertiary/aromatic N) is 3. The summed E-state index contributed by atoms with van der Waals surface area (Å²) >= 11 is 0. The van der Waals surface area contributed by atoms with Crippen LogP contribution in [-0.4, -0.2) is 20.6 Å². The molecule has 78 valence electrons. The normalized spacial score (nSPS) is 10.6. The van der Waals surface area contributed by atoms with Crippen LogP contribution in [0.4, 0.5) is 5.82 Å². The minimum absolute atomic E-state index is 0.385. The number of pyridine rings is 1. The molecule has 0 amide bonds. The molecule has 0 aliphatic rings. The maximum Gasteiger partial charge on any atom is 0.128 e. The first-order chi connectivity index (χ1) is 7.25. The molecule has 4 nitrogen and oxygen atoms in total. The molecule has 0 unspecified atom stereocenters. The minimum atomic E-state index is 0.385. The van der Waals surface area contributed by atoms with E-state index < -0.39 is 0 Å². The van der Waals surface area contributed by atoms with E-state index in [0.717, 1.165) is 11.5 Å². The Bertz CT molecular complexity index is 420. The molecule has 0 spiro atoms. The third kappa shape index (κ3) is 2.34. The van der Waals surface area contributed by atoms with Crippen LogP contribution in [0.25, 0.3) is 5.69 Å². The molecule has 0 aliphatic carbocycles. The summed E-state index contributed by atoms with van der Waals surface area (Å²) in [6, 6.07) is 4.34. The van der Waals surface area contributed by atoms with Gasteiger partial charge in [0.1, 0.15) is 5.82 Å². The number of hydrogen-bond acceptors (Lipinski definition) is 3. The fourth-order valence-electron chi connectivity index (χ4n) is 1.37. The summed E-state index contributed by atoms with van der Waals surface area (Å²) in [5.74, 6) is 0.885. The van der Waals surface area contributed by atoms with Gasteiger partial charge in [-0.3, -0.25) is 0 Å². The zero-order valence-electron chi connectivity index (χ0n) is 8.88. The van der Waals surface area contributed by atoms with Crippen molar-refractivity contribution in [2.24, 2.45) is 0 Å². The van der Waals surface area contributed by atoms with Crippen LogP contribution in [0.5, 0.6) is 0 Å². The van der Waals surface area contributed by atoms with Gasteiger partial charge in [0.15, 0.2) is 0 Å². The molecule has 0 bridgehead atoms. The molecule has 0 atom stereocenters. The first-order valence-electron chi connectivity index (χ1n) is 4.96.